The van der Waals surface area contributed by atoms with E-state index in [1.54, 1.807) is 18.7 Å². The van der Waals surface area contributed by atoms with Crippen molar-refractivity contribution in [3.05, 3.63) is 0 Å². The number of carbonyl (C=O) groups excluding carboxylic acids is 11. The standard InChI is InChI=1S/C72H117ClF4N12O12/c1-12-46(5)62-69(99)83(8)42-60(92)81(6)43-61(93)88(13-2)57(39-48-22-26-50(74)27-23-48)67(97)82(7)41-58(90)78-53(29-25-47-24-28-51(52(73)38-47)72(75,76)77)66(96)89-32-18-21-54(89)65(95)80-71(30-16-17-31-71)44-84(9)63(49-19-14-15-20-49)70(100)86(11)56(68(98)87-33-35-101-36-34-87)40-59(91)85(10)55(37-45(3)4)64(94)79-62/h45-57,62-63H,12-44H2,1-11H3,(H,78,90)(H,79,94)(H,80,95)/t46-,47?,48?,50?,51?,52?,53-,54-,55-,56-,57-,62-,63-/m0/s1. The van der Waals surface area contributed by atoms with Gasteiger partial charge in [0.15, 0.2) is 0 Å². The zero-order valence-electron chi connectivity index (χ0n) is 61.8. The summed E-state index contributed by atoms with van der Waals surface area (Å²) in [5.41, 5.74) is -0.897. The minimum absolute atomic E-state index is 0.0113. The highest BCUT2D eigenvalue weighted by Gasteiger charge is 2.50. The van der Waals surface area contributed by atoms with Gasteiger partial charge >= 0.3 is 6.18 Å². The molecule has 7 aliphatic rings. The summed E-state index contributed by atoms with van der Waals surface area (Å²) in [7, 11) is 8.97. The molecule has 7 fully saturated rings. The predicted molar refractivity (Wildman–Crippen MR) is 372 cm³/mol. The number of rotatable bonds is 12. The van der Waals surface area contributed by atoms with Crippen LogP contribution in [0.15, 0.2) is 0 Å². The van der Waals surface area contributed by atoms with E-state index in [9.17, 15) is 41.5 Å². The Bertz CT molecular complexity index is 2870. The highest BCUT2D eigenvalue weighted by molar-refractivity contribution is 6.20. The molecule has 24 nitrogen and oxygen atoms in total. The van der Waals surface area contributed by atoms with Crippen LogP contribution in [0.1, 0.15) is 182 Å². The van der Waals surface area contributed by atoms with Gasteiger partial charge in [-0.15, -0.1) is 11.6 Å². The molecule has 3 unspecified atom stereocenters. The van der Waals surface area contributed by atoms with E-state index in [1.807, 2.05) is 32.7 Å². The van der Waals surface area contributed by atoms with Crippen LogP contribution in [-0.2, 0) is 57.5 Å². The van der Waals surface area contributed by atoms with Gasteiger partial charge < -0.3 is 59.9 Å². The summed E-state index contributed by atoms with van der Waals surface area (Å²) >= 11 is 6.42. The molecule has 3 saturated heterocycles. The third kappa shape index (κ3) is 21.6. The molecule has 11 atom stereocenters. The monoisotopic (exact) mass is 1450 g/mol. The summed E-state index contributed by atoms with van der Waals surface area (Å²) in [5, 5.41) is 7.93. The number of likely N-dealkylation sites (N-methyl/N-ethyl adjacent to an activating group) is 7. The molecular weight excluding hydrogens is 1340 g/mol. The van der Waals surface area contributed by atoms with Crippen molar-refractivity contribution in [1.82, 2.24) is 60.0 Å². The van der Waals surface area contributed by atoms with E-state index < -0.39 is 168 Å². The van der Waals surface area contributed by atoms with Crippen molar-refractivity contribution in [1.29, 1.82) is 0 Å². The molecule has 4 saturated carbocycles. The molecule has 0 aromatic rings. The van der Waals surface area contributed by atoms with E-state index in [0.717, 1.165) is 40.4 Å². The SMILES string of the molecule is CC[C@H](C)[C@@H]1NC(=O)[C@H](CC(C)C)N(C)C(=O)C[C@@H](C(=O)N2CCOCC2)N(C)C(=O)[C@H](C2CCCC2)N(C)CC2(CCCC2)NC(=O)[C@@H]2CCCN2C(=O)[C@H](CCC2CCC(C(F)(F)F)C(Cl)C2)NC(=O)CN(C)C(=O)[C@H](CC2CCC(F)CC2)N(CC)C(=O)CN(C)C(=O)CN(C)C1=O. The van der Waals surface area contributed by atoms with Crippen LogP contribution >= 0.6 is 11.6 Å². The van der Waals surface area contributed by atoms with E-state index in [0.29, 0.717) is 51.4 Å². The second-order valence-corrected chi connectivity index (χ2v) is 31.5. The fourth-order valence-corrected chi connectivity index (χ4v) is 17.3. The number of fused-ring (bicyclic) bond motifs is 1. The maximum absolute atomic E-state index is 15.7. The van der Waals surface area contributed by atoms with E-state index >= 15 is 28.8 Å². The lowest BCUT2D eigenvalue weighted by Crippen LogP contribution is -2.63. The molecule has 0 aromatic carbocycles. The van der Waals surface area contributed by atoms with Crippen molar-refractivity contribution in [2.45, 2.75) is 248 Å². The number of carbonyl (C=O) groups is 11. The lowest BCUT2D eigenvalue weighted by atomic mass is 9.78. The Labute approximate surface area is 600 Å². The molecule has 572 valence electrons. The molecule has 3 N–H and O–H groups in total. The number of halogens is 5. The quantitative estimate of drug-likeness (QED) is 0.155. The molecule has 0 aromatic heterocycles. The molecule has 4 aliphatic carbocycles. The van der Waals surface area contributed by atoms with Gasteiger partial charge in [-0.3, -0.25) is 57.6 Å². The third-order valence-electron chi connectivity index (χ3n) is 23.1. The van der Waals surface area contributed by atoms with Crippen LogP contribution in [0.25, 0.3) is 0 Å². The highest BCUT2D eigenvalue weighted by atomic mass is 35.5. The zero-order valence-corrected chi connectivity index (χ0v) is 62.6. The normalized spacial score (nSPS) is 31.3. The number of morpholine rings is 1. The molecule has 101 heavy (non-hydrogen) atoms. The molecule has 0 bridgehead atoms. The first-order chi connectivity index (χ1) is 47.7. The molecule has 1 spiro atoms. The largest absolute Gasteiger partial charge is 0.393 e. The Hall–Kier alpha value is -5.90. The molecular formula is C72H117ClF4N12O12. The summed E-state index contributed by atoms with van der Waals surface area (Å²) in [5.74, 6) is -9.62. The predicted octanol–water partition coefficient (Wildman–Crippen LogP) is 5.75. The van der Waals surface area contributed by atoms with Crippen molar-refractivity contribution in [2.75, 3.05) is 108 Å². The average Bonchev–Trinajstić information content (AvgIpc) is 1.77. The van der Waals surface area contributed by atoms with Gasteiger partial charge in [0.1, 0.15) is 42.4 Å². The molecule has 0 radical (unpaired) electrons. The molecule has 3 aliphatic heterocycles. The summed E-state index contributed by atoms with van der Waals surface area (Å²) in [6, 6.07) is -8.05. The Morgan fingerprint density at radius 1 is 0.653 bits per heavy atom. The van der Waals surface area contributed by atoms with Gasteiger partial charge in [0.2, 0.25) is 65.0 Å². The highest BCUT2D eigenvalue weighted by Crippen LogP contribution is 2.44. The van der Waals surface area contributed by atoms with Crippen LogP contribution < -0.4 is 16.0 Å². The molecule has 7 rings (SSSR count). The van der Waals surface area contributed by atoms with Gasteiger partial charge in [0, 0.05) is 73.3 Å². The van der Waals surface area contributed by atoms with Crippen molar-refractivity contribution < 1.29 is 75.0 Å². The molecule has 11 amide bonds. The first kappa shape index (κ1) is 82.4. The lowest BCUT2D eigenvalue weighted by molar-refractivity contribution is -0.182. The number of nitrogens with zero attached hydrogens (tertiary/aromatic N) is 9. The fraction of sp³-hybridized carbons (Fsp3) is 0.847. The Morgan fingerprint density at radius 3 is 1.88 bits per heavy atom. The van der Waals surface area contributed by atoms with Crippen LogP contribution in [0, 0.1) is 35.5 Å². The van der Waals surface area contributed by atoms with Crippen LogP contribution in [-0.4, -0.2) is 282 Å². The van der Waals surface area contributed by atoms with Crippen molar-refractivity contribution >= 4 is 76.6 Å². The van der Waals surface area contributed by atoms with E-state index in [-0.39, 0.29) is 134 Å². The van der Waals surface area contributed by atoms with E-state index in [1.165, 1.54) is 54.8 Å². The van der Waals surface area contributed by atoms with Gasteiger partial charge in [0.25, 0.3) is 0 Å². The minimum Gasteiger partial charge on any atom is -0.378 e. The Morgan fingerprint density at radius 2 is 1.28 bits per heavy atom. The second-order valence-electron chi connectivity index (χ2n) is 30.9. The van der Waals surface area contributed by atoms with Crippen LogP contribution in [0.2, 0.25) is 0 Å². The number of amides is 11. The maximum Gasteiger partial charge on any atom is 0.393 e. The first-order valence-corrected chi connectivity index (χ1v) is 37.8. The summed E-state index contributed by atoms with van der Waals surface area (Å²) in [6.07, 6.45) is 2.35. The van der Waals surface area contributed by atoms with Crippen molar-refractivity contribution in [3.8, 4) is 0 Å². The summed E-state index contributed by atoms with van der Waals surface area (Å²) in [6.45, 7) is 8.51. The Balaban J connectivity index is 1.27. The fourth-order valence-electron chi connectivity index (χ4n) is 16.8. The van der Waals surface area contributed by atoms with Crippen LogP contribution in [0.3, 0.4) is 0 Å². The number of alkyl halides is 5. The zero-order chi connectivity index (χ0) is 74.4. The summed E-state index contributed by atoms with van der Waals surface area (Å²) < 4.78 is 62.3. The molecule has 29 heteroatoms. The van der Waals surface area contributed by atoms with Crippen LogP contribution in [0.4, 0.5) is 17.6 Å². The minimum atomic E-state index is -4.50. The van der Waals surface area contributed by atoms with Gasteiger partial charge in [-0.25, -0.2) is 4.39 Å². The summed E-state index contributed by atoms with van der Waals surface area (Å²) in [4.78, 5) is 177. The van der Waals surface area contributed by atoms with Crippen molar-refractivity contribution in [2.24, 2.45) is 35.5 Å². The maximum atomic E-state index is 15.7. The molecule has 3 heterocycles. The number of ether oxygens (including phenoxy) is 1. The first-order valence-electron chi connectivity index (χ1n) is 37.4. The van der Waals surface area contributed by atoms with Crippen molar-refractivity contribution in [3.63, 3.8) is 0 Å². The number of nitrogens with one attached hydrogen (secondary N) is 3. The topological polar surface area (TPSA) is 262 Å². The smallest absolute Gasteiger partial charge is 0.378 e. The van der Waals surface area contributed by atoms with Gasteiger partial charge in [-0.05, 0) is 153 Å². The van der Waals surface area contributed by atoms with E-state index in [2.05, 4.69) is 16.0 Å². The van der Waals surface area contributed by atoms with Crippen LogP contribution in [0.5, 0.6) is 0 Å². The van der Waals surface area contributed by atoms with Gasteiger partial charge in [-0.2, -0.15) is 13.2 Å². The third-order valence-corrected chi connectivity index (χ3v) is 23.6. The lowest BCUT2D eigenvalue weighted by Gasteiger charge is -2.43. The average molecular weight is 1450 g/mol. The number of hydrogen-bond acceptors (Lipinski definition) is 13. The van der Waals surface area contributed by atoms with Gasteiger partial charge in [0.05, 0.1) is 56.8 Å². The van der Waals surface area contributed by atoms with E-state index in [4.69, 9.17) is 16.3 Å². The Kier molecular flexibility index (Phi) is 30.3. The van der Waals surface area contributed by atoms with Gasteiger partial charge in [-0.1, -0.05) is 59.8 Å². The number of hydrogen-bond donors (Lipinski definition) is 3. The second kappa shape index (κ2) is 37.2.